The van der Waals surface area contributed by atoms with E-state index in [4.69, 9.17) is 10.1 Å². The lowest BCUT2D eigenvalue weighted by Gasteiger charge is -2.25. The molecule has 0 unspecified atom stereocenters. The zero-order chi connectivity index (χ0) is 8.85. The van der Waals surface area contributed by atoms with Crippen molar-refractivity contribution >= 4 is 5.84 Å². The van der Waals surface area contributed by atoms with E-state index >= 15 is 0 Å². The van der Waals surface area contributed by atoms with Crippen molar-refractivity contribution in [3.05, 3.63) is 0 Å². The van der Waals surface area contributed by atoms with E-state index in [1.807, 2.05) is 25.8 Å². The molecule has 0 fully saturated rings. The van der Waals surface area contributed by atoms with E-state index in [-0.39, 0.29) is 0 Å². The second-order valence-corrected chi connectivity index (χ2v) is 2.72. The number of rotatable bonds is 4. The number of nitrogens with one attached hydrogen (secondary N) is 1. The lowest BCUT2D eigenvalue weighted by molar-refractivity contribution is 0.144. The highest BCUT2D eigenvalue weighted by Crippen LogP contribution is 1.98. The molecule has 1 atom stereocenters. The van der Waals surface area contributed by atoms with Gasteiger partial charge in [0, 0.05) is 20.6 Å². The van der Waals surface area contributed by atoms with Crippen LogP contribution < -0.4 is 0 Å². The SMILES string of the molecule is CCC(=N)N(C)[C@H](C)COC. The molecule has 0 aliphatic heterocycles. The fourth-order valence-electron chi connectivity index (χ4n) is 0.868. The van der Waals surface area contributed by atoms with Crippen molar-refractivity contribution in [1.29, 1.82) is 5.41 Å². The first kappa shape index (κ1) is 10.4. The molecule has 3 nitrogen and oxygen atoms in total. The first-order valence-corrected chi connectivity index (χ1v) is 3.92. The summed E-state index contributed by atoms with van der Waals surface area (Å²) in [6.45, 7) is 4.71. The summed E-state index contributed by atoms with van der Waals surface area (Å²) in [7, 11) is 3.61. The first-order chi connectivity index (χ1) is 5.13. The van der Waals surface area contributed by atoms with E-state index in [9.17, 15) is 0 Å². The molecule has 1 N–H and O–H groups in total. The first-order valence-electron chi connectivity index (χ1n) is 3.92. The minimum Gasteiger partial charge on any atom is -0.383 e. The molecular formula is C8H18N2O. The second kappa shape index (κ2) is 5.13. The molecular weight excluding hydrogens is 140 g/mol. The molecule has 0 aromatic rings. The number of methoxy groups -OCH3 is 1. The quantitative estimate of drug-likeness (QED) is 0.495. The van der Waals surface area contributed by atoms with Gasteiger partial charge in [0.1, 0.15) is 0 Å². The van der Waals surface area contributed by atoms with Gasteiger partial charge in [0.05, 0.1) is 18.5 Å². The van der Waals surface area contributed by atoms with Crippen LogP contribution in [0, 0.1) is 5.41 Å². The van der Waals surface area contributed by atoms with Crippen LogP contribution in [0.1, 0.15) is 20.3 Å². The summed E-state index contributed by atoms with van der Waals surface area (Å²) < 4.78 is 4.98. The molecule has 66 valence electrons. The summed E-state index contributed by atoms with van der Waals surface area (Å²) in [6, 6.07) is 0.299. The van der Waals surface area contributed by atoms with E-state index in [0.29, 0.717) is 18.5 Å². The number of amidine groups is 1. The highest BCUT2D eigenvalue weighted by Gasteiger charge is 2.09. The van der Waals surface area contributed by atoms with Gasteiger partial charge in [-0.1, -0.05) is 6.92 Å². The van der Waals surface area contributed by atoms with Crippen molar-refractivity contribution in [1.82, 2.24) is 4.90 Å². The lowest BCUT2D eigenvalue weighted by Crippen LogP contribution is -2.36. The maximum Gasteiger partial charge on any atom is 0.0955 e. The molecule has 0 spiro atoms. The van der Waals surface area contributed by atoms with Gasteiger partial charge in [-0.05, 0) is 6.92 Å². The van der Waals surface area contributed by atoms with Gasteiger partial charge in [0.25, 0.3) is 0 Å². The van der Waals surface area contributed by atoms with Crippen LogP contribution in [0.3, 0.4) is 0 Å². The lowest BCUT2D eigenvalue weighted by atomic mass is 10.3. The molecule has 0 radical (unpaired) electrons. The third-order valence-corrected chi connectivity index (χ3v) is 1.83. The third kappa shape index (κ3) is 3.37. The van der Waals surface area contributed by atoms with E-state index in [1.165, 1.54) is 0 Å². The topological polar surface area (TPSA) is 36.3 Å². The average Bonchev–Trinajstić information content (AvgIpc) is 2.02. The van der Waals surface area contributed by atoms with E-state index in [0.717, 1.165) is 6.42 Å². The van der Waals surface area contributed by atoms with Crippen molar-refractivity contribution in [3.8, 4) is 0 Å². The summed E-state index contributed by atoms with van der Waals surface area (Å²) in [5.74, 6) is 0.662. The molecule has 0 saturated heterocycles. The standard InChI is InChI=1S/C8H18N2O/c1-5-8(9)10(3)7(2)6-11-4/h7,9H,5-6H2,1-4H3/t7-/m1/s1. The Hall–Kier alpha value is -0.570. The molecule has 0 rings (SSSR count). The predicted molar refractivity (Wildman–Crippen MR) is 47.1 cm³/mol. The summed E-state index contributed by atoms with van der Waals surface area (Å²) in [6.07, 6.45) is 0.782. The highest BCUT2D eigenvalue weighted by molar-refractivity contribution is 5.78. The fourth-order valence-corrected chi connectivity index (χ4v) is 0.868. The van der Waals surface area contributed by atoms with Crippen LogP contribution in [0.25, 0.3) is 0 Å². The summed E-state index contributed by atoms with van der Waals surface area (Å²) >= 11 is 0. The number of likely N-dealkylation sites (N-methyl/N-ethyl adjacent to an activating group) is 1. The molecule has 0 heterocycles. The van der Waals surface area contributed by atoms with Crippen LogP contribution in [0.5, 0.6) is 0 Å². The van der Waals surface area contributed by atoms with Gasteiger partial charge in [0.15, 0.2) is 0 Å². The van der Waals surface area contributed by atoms with E-state index in [1.54, 1.807) is 7.11 Å². The molecule has 0 bridgehead atoms. The number of hydrogen-bond donors (Lipinski definition) is 1. The minimum absolute atomic E-state index is 0.299. The molecule has 0 saturated carbocycles. The summed E-state index contributed by atoms with van der Waals surface area (Å²) in [4.78, 5) is 1.93. The average molecular weight is 158 g/mol. The van der Waals surface area contributed by atoms with Gasteiger partial charge >= 0.3 is 0 Å². The zero-order valence-electron chi connectivity index (χ0n) is 7.85. The van der Waals surface area contributed by atoms with Crippen molar-refractivity contribution in [2.75, 3.05) is 20.8 Å². The number of hydrogen-bond acceptors (Lipinski definition) is 2. The van der Waals surface area contributed by atoms with E-state index < -0.39 is 0 Å². The van der Waals surface area contributed by atoms with Gasteiger partial charge < -0.3 is 9.64 Å². The maximum atomic E-state index is 7.52. The van der Waals surface area contributed by atoms with Gasteiger partial charge in [-0.25, -0.2) is 0 Å². The van der Waals surface area contributed by atoms with Gasteiger partial charge in [-0.3, -0.25) is 5.41 Å². The Bertz CT molecular complexity index is 125. The Kier molecular flexibility index (Phi) is 4.86. The Morgan fingerprint density at radius 1 is 1.64 bits per heavy atom. The largest absolute Gasteiger partial charge is 0.383 e. The zero-order valence-corrected chi connectivity index (χ0v) is 7.85. The van der Waals surface area contributed by atoms with Crippen LogP contribution in [0.2, 0.25) is 0 Å². The highest BCUT2D eigenvalue weighted by atomic mass is 16.5. The summed E-state index contributed by atoms with van der Waals surface area (Å²) in [5.41, 5.74) is 0. The van der Waals surface area contributed by atoms with Crippen LogP contribution in [0.4, 0.5) is 0 Å². The Balaban J connectivity index is 3.80. The Labute approximate surface area is 68.9 Å². The van der Waals surface area contributed by atoms with E-state index in [2.05, 4.69) is 0 Å². The van der Waals surface area contributed by atoms with Crippen molar-refractivity contribution in [2.45, 2.75) is 26.3 Å². The molecule has 0 amide bonds. The number of ether oxygens (including phenoxy) is 1. The molecule has 3 heteroatoms. The van der Waals surface area contributed by atoms with Crippen LogP contribution in [-0.4, -0.2) is 37.5 Å². The summed E-state index contributed by atoms with van der Waals surface area (Å²) in [5, 5.41) is 7.52. The van der Waals surface area contributed by atoms with Crippen molar-refractivity contribution in [3.63, 3.8) is 0 Å². The van der Waals surface area contributed by atoms with Crippen molar-refractivity contribution in [2.24, 2.45) is 0 Å². The normalized spacial score (nSPS) is 12.7. The van der Waals surface area contributed by atoms with Gasteiger partial charge in [0.2, 0.25) is 0 Å². The van der Waals surface area contributed by atoms with Crippen molar-refractivity contribution < 1.29 is 4.74 Å². The van der Waals surface area contributed by atoms with Crippen LogP contribution in [0.15, 0.2) is 0 Å². The maximum absolute atomic E-state index is 7.52. The fraction of sp³-hybridized carbons (Fsp3) is 0.875. The molecule has 0 aliphatic carbocycles. The minimum atomic E-state index is 0.299. The Morgan fingerprint density at radius 2 is 2.18 bits per heavy atom. The molecule has 0 aromatic carbocycles. The molecule has 0 aliphatic rings. The van der Waals surface area contributed by atoms with Gasteiger partial charge in [-0.2, -0.15) is 0 Å². The Morgan fingerprint density at radius 3 is 2.55 bits per heavy atom. The number of nitrogens with zero attached hydrogens (tertiary/aromatic N) is 1. The van der Waals surface area contributed by atoms with Crippen LogP contribution >= 0.6 is 0 Å². The third-order valence-electron chi connectivity index (χ3n) is 1.83. The monoisotopic (exact) mass is 158 g/mol. The van der Waals surface area contributed by atoms with Crippen LogP contribution in [-0.2, 0) is 4.74 Å². The smallest absolute Gasteiger partial charge is 0.0955 e. The predicted octanol–water partition coefficient (Wildman–Crippen LogP) is 1.34. The molecule has 0 aromatic heterocycles. The molecule has 11 heavy (non-hydrogen) atoms. The second-order valence-electron chi connectivity index (χ2n) is 2.72. The van der Waals surface area contributed by atoms with Gasteiger partial charge in [-0.15, -0.1) is 0 Å².